The van der Waals surface area contributed by atoms with Crippen LogP contribution in [0.1, 0.15) is 34.6 Å². The molecule has 0 saturated heterocycles. The standard InChI is InChI=1S/C18H16Cl2O4/c1-11(2)10-23-17(21)12-3-5-13(6-4-12)18(22)24-14-7-8-15(19)16(20)9-14/h3-9,11H,10H2,1-2H3. The van der Waals surface area contributed by atoms with Gasteiger partial charge in [0.2, 0.25) is 0 Å². The molecule has 0 unspecified atom stereocenters. The first kappa shape index (κ1) is 18.3. The third-order valence-corrected chi connectivity index (χ3v) is 3.74. The van der Waals surface area contributed by atoms with Crippen LogP contribution in [-0.2, 0) is 4.74 Å². The van der Waals surface area contributed by atoms with Crippen molar-refractivity contribution < 1.29 is 19.1 Å². The van der Waals surface area contributed by atoms with Gasteiger partial charge in [-0.05, 0) is 42.3 Å². The Morgan fingerprint density at radius 1 is 0.917 bits per heavy atom. The van der Waals surface area contributed by atoms with Crippen molar-refractivity contribution in [3.63, 3.8) is 0 Å². The molecule has 0 aliphatic carbocycles. The van der Waals surface area contributed by atoms with Gasteiger partial charge >= 0.3 is 11.9 Å². The first-order valence-corrected chi connectivity index (χ1v) is 8.07. The second-order valence-electron chi connectivity index (χ2n) is 5.54. The maximum absolute atomic E-state index is 12.1. The first-order chi connectivity index (χ1) is 11.4. The fraction of sp³-hybridized carbons (Fsp3) is 0.222. The van der Waals surface area contributed by atoms with Crippen molar-refractivity contribution in [1.82, 2.24) is 0 Å². The van der Waals surface area contributed by atoms with Crippen LogP contribution in [0.4, 0.5) is 0 Å². The topological polar surface area (TPSA) is 52.6 Å². The third-order valence-electron chi connectivity index (χ3n) is 3.01. The minimum atomic E-state index is -0.560. The molecule has 0 aliphatic rings. The maximum atomic E-state index is 12.1. The largest absolute Gasteiger partial charge is 0.462 e. The van der Waals surface area contributed by atoms with Crippen LogP contribution in [0.3, 0.4) is 0 Å². The predicted octanol–water partition coefficient (Wildman–Crippen LogP) is 5.03. The van der Waals surface area contributed by atoms with Crippen LogP contribution in [0, 0.1) is 5.92 Å². The lowest BCUT2D eigenvalue weighted by molar-refractivity contribution is 0.0458. The van der Waals surface area contributed by atoms with Gasteiger partial charge in [-0.1, -0.05) is 37.0 Å². The van der Waals surface area contributed by atoms with E-state index in [1.54, 1.807) is 12.1 Å². The van der Waals surface area contributed by atoms with Crippen molar-refractivity contribution >= 4 is 35.1 Å². The summed E-state index contributed by atoms with van der Waals surface area (Å²) in [5, 5.41) is 0.672. The van der Waals surface area contributed by atoms with E-state index < -0.39 is 11.9 Å². The van der Waals surface area contributed by atoms with Crippen molar-refractivity contribution in [3.05, 3.63) is 63.6 Å². The molecule has 0 spiro atoms. The SMILES string of the molecule is CC(C)COC(=O)c1ccc(C(=O)Oc2ccc(Cl)c(Cl)c2)cc1. The normalized spacial score (nSPS) is 10.5. The van der Waals surface area contributed by atoms with E-state index in [9.17, 15) is 9.59 Å². The van der Waals surface area contributed by atoms with Gasteiger partial charge in [0, 0.05) is 6.07 Å². The molecule has 2 rings (SSSR count). The van der Waals surface area contributed by atoms with Gasteiger partial charge in [0.05, 0.1) is 27.8 Å². The summed E-state index contributed by atoms with van der Waals surface area (Å²) in [6.07, 6.45) is 0. The van der Waals surface area contributed by atoms with Crippen LogP contribution >= 0.6 is 23.2 Å². The average Bonchev–Trinajstić information content (AvgIpc) is 2.56. The molecular formula is C18H16Cl2O4. The fourth-order valence-electron chi connectivity index (χ4n) is 1.77. The van der Waals surface area contributed by atoms with E-state index >= 15 is 0 Å². The van der Waals surface area contributed by atoms with E-state index in [2.05, 4.69) is 0 Å². The van der Waals surface area contributed by atoms with Crippen LogP contribution in [0.5, 0.6) is 5.75 Å². The van der Waals surface area contributed by atoms with Crippen LogP contribution in [-0.4, -0.2) is 18.5 Å². The summed E-state index contributed by atoms with van der Waals surface area (Å²) in [5.74, 6) is -0.437. The summed E-state index contributed by atoms with van der Waals surface area (Å²) < 4.78 is 10.3. The fourth-order valence-corrected chi connectivity index (χ4v) is 2.06. The molecule has 24 heavy (non-hydrogen) atoms. The van der Waals surface area contributed by atoms with Crippen LogP contribution in [0.2, 0.25) is 10.0 Å². The monoisotopic (exact) mass is 366 g/mol. The smallest absolute Gasteiger partial charge is 0.343 e. The van der Waals surface area contributed by atoms with E-state index in [1.807, 2.05) is 13.8 Å². The molecule has 126 valence electrons. The molecule has 0 fully saturated rings. The molecule has 0 aromatic heterocycles. The molecule has 0 radical (unpaired) electrons. The highest BCUT2D eigenvalue weighted by Gasteiger charge is 2.13. The van der Waals surface area contributed by atoms with Crippen molar-refractivity contribution in [2.75, 3.05) is 6.61 Å². The maximum Gasteiger partial charge on any atom is 0.343 e. The van der Waals surface area contributed by atoms with Crippen molar-refractivity contribution in [1.29, 1.82) is 0 Å². The number of esters is 2. The van der Waals surface area contributed by atoms with Crippen molar-refractivity contribution in [2.24, 2.45) is 5.92 Å². The molecule has 4 nitrogen and oxygen atoms in total. The quantitative estimate of drug-likeness (QED) is 0.550. The lowest BCUT2D eigenvalue weighted by Crippen LogP contribution is -2.11. The molecule has 6 heteroatoms. The molecule has 0 heterocycles. The molecule has 0 saturated carbocycles. The summed E-state index contributed by atoms with van der Waals surface area (Å²) in [4.78, 5) is 23.9. The Morgan fingerprint density at radius 3 is 2.04 bits per heavy atom. The summed E-state index contributed by atoms with van der Waals surface area (Å²) in [7, 11) is 0. The zero-order valence-electron chi connectivity index (χ0n) is 13.2. The molecular weight excluding hydrogens is 351 g/mol. The number of carbonyl (C=O) groups is 2. The molecule has 2 aromatic rings. The number of ether oxygens (including phenoxy) is 2. The van der Waals surface area contributed by atoms with Gasteiger partial charge in [-0.3, -0.25) is 0 Å². The van der Waals surface area contributed by atoms with Gasteiger partial charge in [0.25, 0.3) is 0 Å². The Bertz CT molecular complexity index is 739. The molecule has 0 bridgehead atoms. The summed E-state index contributed by atoms with van der Waals surface area (Å²) in [6.45, 7) is 4.25. The zero-order valence-corrected chi connectivity index (χ0v) is 14.7. The second-order valence-corrected chi connectivity index (χ2v) is 6.35. The second kappa shape index (κ2) is 8.18. The highest BCUT2D eigenvalue weighted by Crippen LogP contribution is 2.26. The van der Waals surface area contributed by atoms with E-state index in [0.29, 0.717) is 27.8 Å². The summed E-state index contributed by atoms with van der Waals surface area (Å²) >= 11 is 11.7. The van der Waals surface area contributed by atoms with E-state index in [0.717, 1.165) is 0 Å². The number of benzene rings is 2. The van der Waals surface area contributed by atoms with Gasteiger partial charge in [0.1, 0.15) is 5.75 Å². The summed E-state index contributed by atoms with van der Waals surface area (Å²) in [5.41, 5.74) is 0.684. The van der Waals surface area contributed by atoms with Gasteiger partial charge in [-0.15, -0.1) is 0 Å². The van der Waals surface area contributed by atoms with Crippen molar-refractivity contribution in [3.8, 4) is 5.75 Å². The lowest BCUT2D eigenvalue weighted by atomic mass is 10.1. The van der Waals surface area contributed by atoms with Crippen molar-refractivity contribution in [2.45, 2.75) is 13.8 Å². The minimum Gasteiger partial charge on any atom is -0.462 e. The molecule has 0 aliphatic heterocycles. The van der Waals surface area contributed by atoms with Gasteiger partial charge in [0.15, 0.2) is 0 Å². The minimum absolute atomic E-state index is 0.259. The molecule has 0 N–H and O–H groups in total. The number of hydrogen-bond donors (Lipinski definition) is 0. The molecule has 2 aromatic carbocycles. The van der Waals surface area contributed by atoms with Crippen LogP contribution < -0.4 is 4.74 Å². The number of halogens is 2. The van der Waals surface area contributed by atoms with E-state index in [-0.39, 0.29) is 11.7 Å². The van der Waals surface area contributed by atoms with E-state index in [4.69, 9.17) is 32.7 Å². The Labute approximate surface area is 150 Å². The Hall–Kier alpha value is -2.04. The highest BCUT2D eigenvalue weighted by molar-refractivity contribution is 6.42. The Kier molecular flexibility index (Phi) is 6.23. The number of carbonyl (C=O) groups excluding carboxylic acids is 2. The Morgan fingerprint density at radius 2 is 1.50 bits per heavy atom. The number of rotatable bonds is 5. The van der Waals surface area contributed by atoms with Crippen LogP contribution in [0.15, 0.2) is 42.5 Å². The molecule has 0 atom stereocenters. The summed E-state index contributed by atoms with van der Waals surface area (Å²) in [6, 6.07) is 10.6. The molecule has 0 amide bonds. The van der Waals surface area contributed by atoms with Gasteiger partial charge in [-0.2, -0.15) is 0 Å². The third kappa shape index (κ3) is 4.98. The first-order valence-electron chi connectivity index (χ1n) is 7.31. The highest BCUT2D eigenvalue weighted by atomic mass is 35.5. The van der Waals surface area contributed by atoms with Crippen LogP contribution in [0.25, 0.3) is 0 Å². The predicted molar refractivity (Wildman–Crippen MR) is 93.0 cm³/mol. The van der Waals surface area contributed by atoms with Gasteiger partial charge in [-0.25, -0.2) is 9.59 Å². The lowest BCUT2D eigenvalue weighted by Gasteiger charge is -2.08. The number of hydrogen-bond acceptors (Lipinski definition) is 4. The average molecular weight is 367 g/mol. The Balaban J connectivity index is 2.02. The van der Waals surface area contributed by atoms with E-state index in [1.165, 1.54) is 30.3 Å². The zero-order chi connectivity index (χ0) is 17.7. The van der Waals surface area contributed by atoms with Gasteiger partial charge < -0.3 is 9.47 Å².